The third-order valence-electron chi connectivity index (χ3n) is 2.66. The lowest BCUT2D eigenvalue weighted by Crippen LogP contribution is -2.44. The van der Waals surface area contributed by atoms with Crippen molar-refractivity contribution in [2.75, 3.05) is 12.0 Å². The van der Waals surface area contributed by atoms with Gasteiger partial charge in [0.1, 0.15) is 0 Å². The number of carbonyl (C=O) groups is 1. The van der Waals surface area contributed by atoms with Crippen LogP contribution in [0.2, 0.25) is 0 Å². The lowest BCUT2D eigenvalue weighted by Gasteiger charge is -2.35. The molecule has 0 spiro atoms. The molecule has 1 aliphatic carbocycles. The summed E-state index contributed by atoms with van der Waals surface area (Å²) >= 11 is 1.64. The van der Waals surface area contributed by atoms with E-state index in [-0.39, 0.29) is 6.04 Å². The Bertz CT molecular complexity index is 202. The van der Waals surface area contributed by atoms with Gasteiger partial charge in [0.25, 0.3) is 0 Å². The maximum atomic E-state index is 10.4. The second-order valence-electron chi connectivity index (χ2n) is 3.88. The van der Waals surface area contributed by atoms with E-state index in [1.165, 1.54) is 0 Å². The van der Waals surface area contributed by atoms with Gasteiger partial charge in [0.15, 0.2) is 0 Å². The summed E-state index contributed by atoms with van der Waals surface area (Å²) in [7, 11) is 0. The molecule has 0 aromatic rings. The Morgan fingerprint density at radius 2 is 2.14 bits per heavy atom. The molecule has 0 aromatic heterocycles. The van der Waals surface area contributed by atoms with Crippen molar-refractivity contribution in [2.24, 2.45) is 0 Å². The lowest BCUT2D eigenvalue weighted by molar-refractivity contribution is 0.0190. The van der Waals surface area contributed by atoms with Crippen LogP contribution in [0.5, 0.6) is 0 Å². The Kier molecular flexibility index (Phi) is 4.07. The van der Waals surface area contributed by atoms with Crippen molar-refractivity contribution in [3.8, 4) is 0 Å². The smallest absolute Gasteiger partial charge is 0.404 e. The average Bonchev–Trinajstić information content (AvgIpc) is 2.09. The standard InChI is InChI=1S/C9H17NO3S/c1-14-6-9(13)4-2-7(3-5-9)10-8(11)12/h7,10,13H,2-6H2,1H3,(H,11,12). The number of nitrogens with one attached hydrogen (secondary N) is 1. The van der Waals surface area contributed by atoms with Crippen molar-refractivity contribution in [1.29, 1.82) is 0 Å². The maximum Gasteiger partial charge on any atom is 0.404 e. The summed E-state index contributed by atoms with van der Waals surface area (Å²) in [5, 5.41) is 21.0. The molecule has 0 atom stereocenters. The predicted octanol–water partition coefficient (Wildman–Crippen LogP) is 1.29. The van der Waals surface area contributed by atoms with E-state index in [4.69, 9.17) is 5.11 Å². The highest BCUT2D eigenvalue weighted by atomic mass is 32.2. The number of aliphatic hydroxyl groups is 1. The number of amides is 1. The van der Waals surface area contributed by atoms with Crippen molar-refractivity contribution in [1.82, 2.24) is 5.32 Å². The fraction of sp³-hybridized carbons (Fsp3) is 0.889. The molecule has 4 nitrogen and oxygen atoms in total. The third-order valence-corrected chi connectivity index (χ3v) is 3.48. The summed E-state index contributed by atoms with van der Waals surface area (Å²) in [5.74, 6) is 0.743. The molecular formula is C9H17NO3S. The monoisotopic (exact) mass is 219 g/mol. The zero-order valence-electron chi connectivity index (χ0n) is 8.32. The fourth-order valence-electron chi connectivity index (χ4n) is 1.89. The summed E-state index contributed by atoms with van der Waals surface area (Å²) in [4.78, 5) is 10.4. The molecule has 0 unspecified atom stereocenters. The fourth-order valence-corrected chi connectivity index (χ4v) is 2.71. The minimum Gasteiger partial charge on any atom is -0.465 e. The first-order valence-electron chi connectivity index (χ1n) is 4.76. The molecular weight excluding hydrogens is 202 g/mol. The minimum atomic E-state index is -0.967. The lowest BCUT2D eigenvalue weighted by atomic mass is 9.83. The summed E-state index contributed by atoms with van der Waals surface area (Å²) in [6.45, 7) is 0. The Morgan fingerprint density at radius 3 is 2.57 bits per heavy atom. The second kappa shape index (κ2) is 4.89. The van der Waals surface area contributed by atoms with Crippen molar-refractivity contribution in [3.05, 3.63) is 0 Å². The summed E-state index contributed by atoms with van der Waals surface area (Å²) in [5.41, 5.74) is -0.573. The van der Waals surface area contributed by atoms with Crippen LogP contribution in [0.25, 0.3) is 0 Å². The first-order valence-corrected chi connectivity index (χ1v) is 6.16. The van der Waals surface area contributed by atoms with Crippen LogP contribution in [0.3, 0.4) is 0 Å². The van der Waals surface area contributed by atoms with Gasteiger partial charge in [-0.3, -0.25) is 0 Å². The maximum absolute atomic E-state index is 10.4. The highest BCUT2D eigenvalue weighted by molar-refractivity contribution is 7.98. The minimum absolute atomic E-state index is 0.0228. The van der Waals surface area contributed by atoms with Crippen LogP contribution in [0.1, 0.15) is 25.7 Å². The molecule has 0 bridgehead atoms. The molecule has 0 saturated heterocycles. The SMILES string of the molecule is CSCC1(O)CCC(NC(=O)O)CC1. The summed E-state index contributed by atoms with van der Waals surface area (Å²) < 4.78 is 0. The van der Waals surface area contributed by atoms with E-state index in [0.29, 0.717) is 12.8 Å². The van der Waals surface area contributed by atoms with E-state index >= 15 is 0 Å². The van der Waals surface area contributed by atoms with Crippen LogP contribution in [0.4, 0.5) is 4.79 Å². The molecule has 0 heterocycles. The van der Waals surface area contributed by atoms with Gasteiger partial charge >= 0.3 is 6.09 Å². The Labute approximate surface area is 88.1 Å². The molecule has 14 heavy (non-hydrogen) atoms. The number of thioether (sulfide) groups is 1. The molecule has 1 rings (SSSR count). The molecule has 0 radical (unpaired) electrons. The van der Waals surface area contributed by atoms with Gasteiger partial charge in [-0.05, 0) is 31.9 Å². The molecule has 0 aromatic carbocycles. The number of hydrogen-bond donors (Lipinski definition) is 3. The number of carboxylic acid groups (broad SMARTS) is 1. The van der Waals surface area contributed by atoms with Gasteiger partial charge in [0, 0.05) is 11.8 Å². The first-order chi connectivity index (χ1) is 6.56. The largest absolute Gasteiger partial charge is 0.465 e. The molecule has 1 aliphatic rings. The van der Waals surface area contributed by atoms with Gasteiger partial charge in [-0.25, -0.2) is 4.79 Å². The number of rotatable bonds is 3. The van der Waals surface area contributed by atoms with Crippen molar-refractivity contribution >= 4 is 17.9 Å². The van der Waals surface area contributed by atoms with Gasteiger partial charge in [0.05, 0.1) is 5.60 Å². The van der Waals surface area contributed by atoms with Crippen molar-refractivity contribution < 1.29 is 15.0 Å². The third kappa shape index (κ3) is 3.38. The Hall–Kier alpha value is -0.420. The van der Waals surface area contributed by atoms with Gasteiger partial charge in [-0.1, -0.05) is 0 Å². The van der Waals surface area contributed by atoms with Gasteiger partial charge in [-0.15, -0.1) is 0 Å². The van der Waals surface area contributed by atoms with Crippen molar-refractivity contribution in [3.63, 3.8) is 0 Å². The molecule has 5 heteroatoms. The van der Waals surface area contributed by atoms with Gasteiger partial charge < -0.3 is 15.5 Å². The normalized spacial score (nSPS) is 32.6. The Balaban J connectivity index is 2.33. The average molecular weight is 219 g/mol. The first kappa shape index (κ1) is 11.7. The van der Waals surface area contributed by atoms with E-state index < -0.39 is 11.7 Å². The van der Waals surface area contributed by atoms with Crippen LogP contribution >= 0.6 is 11.8 Å². The topological polar surface area (TPSA) is 69.6 Å². The second-order valence-corrected chi connectivity index (χ2v) is 4.75. The van der Waals surface area contributed by atoms with Crippen molar-refractivity contribution in [2.45, 2.75) is 37.3 Å². The molecule has 1 saturated carbocycles. The highest BCUT2D eigenvalue weighted by Gasteiger charge is 2.32. The van der Waals surface area contributed by atoms with E-state index in [1.54, 1.807) is 11.8 Å². The zero-order chi connectivity index (χ0) is 10.6. The van der Waals surface area contributed by atoms with E-state index in [0.717, 1.165) is 18.6 Å². The van der Waals surface area contributed by atoms with Crippen LogP contribution < -0.4 is 5.32 Å². The van der Waals surface area contributed by atoms with Gasteiger partial charge in [-0.2, -0.15) is 11.8 Å². The van der Waals surface area contributed by atoms with Crippen LogP contribution in [0.15, 0.2) is 0 Å². The van der Waals surface area contributed by atoms with Crippen LogP contribution in [0, 0.1) is 0 Å². The highest BCUT2D eigenvalue weighted by Crippen LogP contribution is 2.30. The zero-order valence-corrected chi connectivity index (χ0v) is 9.14. The quantitative estimate of drug-likeness (QED) is 0.669. The summed E-state index contributed by atoms with van der Waals surface area (Å²) in [6.07, 6.45) is 3.87. The van der Waals surface area contributed by atoms with Gasteiger partial charge in [0.2, 0.25) is 0 Å². The van der Waals surface area contributed by atoms with Crippen LogP contribution in [-0.2, 0) is 0 Å². The van der Waals surface area contributed by atoms with E-state index in [2.05, 4.69) is 5.32 Å². The van der Waals surface area contributed by atoms with E-state index in [9.17, 15) is 9.90 Å². The molecule has 3 N–H and O–H groups in total. The van der Waals surface area contributed by atoms with E-state index in [1.807, 2.05) is 6.26 Å². The number of hydrogen-bond acceptors (Lipinski definition) is 3. The van der Waals surface area contributed by atoms with Crippen LogP contribution in [-0.4, -0.2) is 40.0 Å². The molecule has 1 fully saturated rings. The molecule has 0 aliphatic heterocycles. The molecule has 82 valence electrons. The molecule has 1 amide bonds. The Morgan fingerprint density at radius 1 is 1.57 bits per heavy atom. The summed E-state index contributed by atoms with van der Waals surface area (Å²) in [6, 6.07) is 0.0228. The predicted molar refractivity (Wildman–Crippen MR) is 56.7 cm³/mol.